The third kappa shape index (κ3) is 3.90. The Labute approximate surface area is 158 Å². The Hall–Kier alpha value is -2.34. The lowest BCUT2D eigenvalue weighted by molar-refractivity contribution is -0.129. The van der Waals surface area contributed by atoms with Crippen molar-refractivity contribution in [2.75, 3.05) is 25.0 Å². The summed E-state index contributed by atoms with van der Waals surface area (Å²) in [4.78, 5) is 28.0. The standard InChI is InChI=1S/C19H23ClN4O2/c1-14(25)22(2)16-8-10-23(11-9-16)17-12-21-24(19(26)18(17)20)13-15-6-4-3-5-7-15/h3-7,12,16H,8-11,13H2,1-2H3. The van der Waals surface area contributed by atoms with Crippen LogP contribution < -0.4 is 10.5 Å². The van der Waals surface area contributed by atoms with Crippen LogP contribution in [0.25, 0.3) is 0 Å². The van der Waals surface area contributed by atoms with Crippen molar-refractivity contribution >= 4 is 23.2 Å². The highest BCUT2D eigenvalue weighted by Crippen LogP contribution is 2.26. The van der Waals surface area contributed by atoms with E-state index in [1.807, 2.05) is 37.4 Å². The first-order valence-electron chi connectivity index (χ1n) is 8.75. The molecule has 26 heavy (non-hydrogen) atoms. The number of nitrogens with zero attached hydrogens (tertiary/aromatic N) is 4. The van der Waals surface area contributed by atoms with E-state index in [-0.39, 0.29) is 22.5 Å². The molecule has 138 valence electrons. The SMILES string of the molecule is CC(=O)N(C)C1CCN(c2cnn(Cc3ccccc3)c(=O)c2Cl)CC1. The van der Waals surface area contributed by atoms with E-state index in [4.69, 9.17) is 11.6 Å². The van der Waals surface area contributed by atoms with Crippen molar-refractivity contribution in [1.29, 1.82) is 0 Å². The molecule has 2 heterocycles. The summed E-state index contributed by atoms with van der Waals surface area (Å²) in [6.07, 6.45) is 3.36. The zero-order chi connectivity index (χ0) is 18.7. The monoisotopic (exact) mass is 374 g/mol. The van der Waals surface area contributed by atoms with E-state index >= 15 is 0 Å². The van der Waals surface area contributed by atoms with Crippen LogP contribution in [0.5, 0.6) is 0 Å². The molecule has 1 amide bonds. The average Bonchev–Trinajstić information content (AvgIpc) is 2.66. The van der Waals surface area contributed by atoms with Crippen molar-refractivity contribution in [1.82, 2.24) is 14.7 Å². The normalized spacial score (nSPS) is 15.1. The molecule has 7 heteroatoms. The molecule has 0 unspecified atom stereocenters. The first-order chi connectivity index (χ1) is 12.5. The van der Waals surface area contributed by atoms with Crippen LogP contribution in [0.15, 0.2) is 41.3 Å². The van der Waals surface area contributed by atoms with Gasteiger partial charge in [0.15, 0.2) is 0 Å². The third-order valence-electron chi connectivity index (χ3n) is 4.99. The first kappa shape index (κ1) is 18.5. The van der Waals surface area contributed by atoms with E-state index in [2.05, 4.69) is 10.00 Å². The minimum atomic E-state index is -0.281. The van der Waals surface area contributed by atoms with Gasteiger partial charge in [-0.1, -0.05) is 41.9 Å². The average molecular weight is 375 g/mol. The Kier molecular flexibility index (Phi) is 5.61. The molecule has 2 aromatic rings. The second kappa shape index (κ2) is 7.91. The minimum Gasteiger partial charge on any atom is -0.369 e. The largest absolute Gasteiger partial charge is 0.369 e. The number of anilines is 1. The number of piperidine rings is 1. The number of rotatable bonds is 4. The van der Waals surface area contributed by atoms with Gasteiger partial charge in [0.25, 0.3) is 5.56 Å². The number of aromatic nitrogens is 2. The van der Waals surface area contributed by atoms with Crippen LogP contribution in [0.4, 0.5) is 5.69 Å². The fraction of sp³-hybridized carbons (Fsp3) is 0.421. The quantitative estimate of drug-likeness (QED) is 0.824. The number of halogens is 1. The molecule has 1 saturated heterocycles. The predicted molar refractivity (Wildman–Crippen MR) is 103 cm³/mol. The summed E-state index contributed by atoms with van der Waals surface area (Å²) in [7, 11) is 1.84. The maximum absolute atomic E-state index is 12.6. The maximum Gasteiger partial charge on any atom is 0.287 e. The molecular weight excluding hydrogens is 352 g/mol. The number of hydrogen-bond acceptors (Lipinski definition) is 4. The molecule has 0 saturated carbocycles. The summed E-state index contributed by atoms with van der Waals surface area (Å²) in [6, 6.07) is 9.92. The first-order valence-corrected chi connectivity index (χ1v) is 9.13. The summed E-state index contributed by atoms with van der Waals surface area (Å²) in [5.74, 6) is 0.0756. The van der Waals surface area contributed by atoms with Gasteiger partial charge < -0.3 is 9.80 Å². The highest BCUT2D eigenvalue weighted by atomic mass is 35.5. The molecule has 1 aliphatic heterocycles. The van der Waals surface area contributed by atoms with Crippen LogP contribution in [-0.4, -0.2) is 46.8 Å². The van der Waals surface area contributed by atoms with Crippen LogP contribution in [0.2, 0.25) is 5.02 Å². The van der Waals surface area contributed by atoms with Crippen molar-refractivity contribution < 1.29 is 4.79 Å². The van der Waals surface area contributed by atoms with E-state index in [1.54, 1.807) is 18.0 Å². The van der Waals surface area contributed by atoms with Gasteiger partial charge >= 0.3 is 0 Å². The van der Waals surface area contributed by atoms with Crippen LogP contribution in [0, 0.1) is 0 Å². The third-order valence-corrected chi connectivity index (χ3v) is 5.35. The summed E-state index contributed by atoms with van der Waals surface area (Å²) < 4.78 is 1.39. The van der Waals surface area contributed by atoms with Crippen LogP contribution in [-0.2, 0) is 11.3 Å². The zero-order valence-corrected chi connectivity index (χ0v) is 15.8. The van der Waals surface area contributed by atoms with E-state index in [0.717, 1.165) is 31.5 Å². The molecule has 0 N–H and O–H groups in total. The van der Waals surface area contributed by atoms with Crippen LogP contribution >= 0.6 is 11.6 Å². The molecule has 3 rings (SSSR count). The van der Waals surface area contributed by atoms with Gasteiger partial charge in [0, 0.05) is 33.1 Å². The van der Waals surface area contributed by atoms with Gasteiger partial charge in [-0.15, -0.1) is 0 Å². The van der Waals surface area contributed by atoms with Gasteiger partial charge in [-0.25, -0.2) is 4.68 Å². The number of benzene rings is 1. The highest BCUT2D eigenvalue weighted by molar-refractivity contribution is 6.33. The summed E-state index contributed by atoms with van der Waals surface area (Å²) >= 11 is 6.37. The lowest BCUT2D eigenvalue weighted by Crippen LogP contribution is -2.45. The van der Waals surface area contributed by atoms with E-state index < -0.39 is 0 Å². The Morgan fingerprint density at radius 3 is 2.54 bits per heavy atom. The molecule has 1 aliphatic rings. The Morgan fingerprint density at radius 2 is 1.92 bits per heavy atom. The Balaban J connectivity index is 1.73. The number of amides is 1. The summed E-state index contributed by atoms with van der Waals surface area (Å²) in [6.45, 7) is 3.46. The predicted octanol–water partition coefficient (Wildman–Crippen LogP) is 2.39. The van der Waals surface area contributed by atoms with E-state index in [0.29, 0.717) is 12.2 Å². The molecule has 6 nitrogen and oxygen atoms in total. The lowest BCUT2D eigenvalue weighted by Gasteiger charge is -2.37. The van der Waals surface area contributed by atoms with E-state index in [9.17, 15) is 9.59 Å². The second-order valence-corrected chi connectivity index (χ2v) is 7.02. The second-order valence-electron chi connectivity index (χ2n) is 6.64. The number of carbonyl (C=O) groups is 1. The topological polar surface area (TPSA) is 58.4 Å². The number of hydrogen-bond donors (Lipinski definition) is 0. The molecular formula is C19H23ClN4O2. The smallest absolute Gasteiger partial charge is 0.287 e. The van der Waals surface area contributed by atoms with Crippen molar-refractivity contribution in [2.45, 2.75) is 32.4 Å². The fourth-order valence-electron chi connectivity index (χ4n) is 3.30. The molecule has 1 aromatic carbocycles. The minimum absolute atomic E-state index is 0.0756. The fourth-order valence-corrected chi connectivity index (χ4v) is 3.56. The summed E-state index contributed by atoms with van der Waals surface area (Å²) in [5.41, 5.74) is 1.39. The summed E-state index contributed by atoms with van der Waals surface area (Å²) in [5, 5.41) is 4.51. The molecule has 0 atom stereocenters. The molecule has 0 bridgehead atoms. The van der Waals surface area contributed by atoms with Gasteiger partial charge in [-0.3, -0.25) is 9.59 Å². The van der Waals surface area contributed by atoms with Crippen molar-refractivity contribution in [3.05, 3.63) is 57.5 Å². The molecule has 0 aliphatic carbocycles. The van der Waals surface area contributed by atoms with Gasteiger partial charge in [0.1, 0.15) is 5.02 Å². The Bertz CT molecular complexity index is 829. The van der Waals surface area contributed by atoms with Crippen molar-refractivity contribution in [3.8, 4) is 0 Å². The van der Waals surface area contributed by atoms with Gasteiger partial charge in [-0.2, -0.15) is 5.10 Å². The zero-order valence-electron chi connectivity index (χ0n) is 15.1. The van der Waals surface area contributed by atoms with Crippen LogP contribution in [0.3, 0.4) is 0 Å². The number of carbonyl (C=O) groups excluding carboxylic acids is 1. The van der Waals surface area contributed by atoms with Gasteiger partial charge in [0.2, 0.25) is 5.91 Å². The van der Waals surface area contributed by atoms with E-state index in [1.165, 1.54) is 4.68 Å². The molecule has 0 radical (unpaired) electrons. The van der Waals surface area contributed by atoms with Crippen molar-refractivity contribution in [2.24, 2.45) is 0 Å². The molecule has 0 spiro atoms. The van der Waals surface area contributed by atoms with Crippen molar-refractivity contribution in [3.63, 3.8) is 0 Å². The van der Waals surface area contributed by atoms with Gasteiger partial charge in [0.05, 0.1) is 18.4 Å². The molecule has 1 aromatic heterocycles. The Morgan fingerprint density at radius 1 is 1.27 bits per heavy atom. The molecule has 1 fully saturated rings. The van der Waals surface area contributed by atoms with Crippen LogP contribution in [0.1, 0.15) is 25.3 Å². The lowest BCUT2D eigenvalue weighted by atomic mass is 10.0. The maximum atomic E-state index is 12.6. The van der Waals surface area contributed by atoms with Gasteiger partial charge in [-0.05, 0) is 18.4 Å². The highest BCUT2D eigenvalue weighted by Gasteiger charge is 2.26.